The summed E-state index contributed by atoms with van der Waals surface area (Å²) in [5.41, 5.74) is 0.377. The Balaban J connectivity index is 1.62. The number of anilines is 3. The van der Waals surface area contributed by atoms with Gasteiger partial charge in [-0.15, -0.1) is 0 Å². The Morgan fingerprint density at radius 1 is 1.13 bits per heavy atom. The van der Waals surface area contributed by atoms with Gasteiger partial charge < -0.3 is 20.0 Å². The molecular formula is C23H38N6O. The van der Waals surface area contributed by atoms with Crippen molar-refractivity contribution in [1.29, 1.82) is 0 Å². The fourth-order valence-corrected chi connectivity index (χ4v) is 5.38. The first kappa shape index (κ1) is 21.3. The summed E-state index contributed by atoms with van der Waals surface area (Å²) in [6.07, 6.45) is 9.10. The average Bonchev–Trinajstić information content (AvgIpc) is 3.24. The lowest BCUT2D eigenvalue weighted by Gasteiger charge is -2.34. The van der Waals surface area contributed by atoms with Crippen molar-refractivity contribution < 1.29 is 4.79 Å². The molecule has 1 saturated heterocycles. The first-order chi connectivity index (χ1) is 14.3. The molecule has 3 aliphatic rings. The third-order valence-electron chi connectivity index (χ3n) is 7.43. The second kappa shape index (κ2) is 8.33. The second-order valence-corrected chi connectivity index (χ2v) is 10.3. The van der Waals surface area contributed by atoms with E-state index in [1.165, 1.54) is 38.5 Å². The summed E-state index contributed by atoms with van der Waals surface area (Å²) in [5.74, 6) is 2.37. The Labute approximate surface area is 181 Å². The lowest BCUT2D eigenvalue weighted by molar-refractivity contribution is -0.125. The summed E-state index contributed by atoms with van der Waals surface area (Å²) in [6.45, 7) is 9.36. The van der Waals surface area contributed by atoms with Gasteiger partial charge in [-0.2, -0.15) is 4.98 Å². The highest BCUT2D eigenvalue weighted by molar-refractivity contribution is 6.00. The molecule has 166 valence electrons. The van der Waals surface area contributed by atoms with Crippen LogP contribution in [0, 0.1) is 11.3 Å². The van der Waals surface area contributed by atoms with E-state index in [9.17, 15) is 4.79 Å². The van der Waals surface area contributed by atoms with Crippen molar-refractivity contribution in [3.63, 3.8) is 0 Å². The number of hydrogen-bond donors (Lipinski definition) is 1. The van der Waals surface area contributed by atoms with Crippen LogP contribution in [0.15, 0.2) is 6.20 Å². The lowest BCUT2D eigenvalue weighted by Crippen LogP contribution is -2.45. The minimum Gasteiger partial charge on any atom is -0.351 e. The summed E-state index contributed by atoms with van der Waals surface area (Å²) in [4.78, 5) is 29.3. The number of amides is 1. The van der Waals surface area contributed by atoms with Crippen LogP contribution in [-0.2, 0) is 4.79 Å². The zero-order valence-corrected chi connectivity index (χ0v) is 19.3. The molecule has 2 fully saturated rings. The molecule has 3 heterocycles. The van der Waals surface area contributed by atoms with E-state index < -0.39 is 5.41 Å². The van der Waals surface area contributed by atoms with Crippen LogP contribution in [0.2, 0.25) is 0 Å². The molecule has 1 aromatic heterocycles. The Bertz CT molecular complexity index is 767. The van der Waals surface area contributed by atoms with Crippen molar-refractivity contribution in [3.8, 4) is 0 Å². The molecule has 0 aromatic carbocycles. The Hall–Kier alpha value is -1.89. The third-order valence-corrected chi connectivity index (χ3v) is 7.43. The van der Waals surface area contributed by atoms with Gasteiger partial charge in [0.25, 0.3) is 0 Å². The first-order valence-electron chi connectivity index (χ1n) is 11.6. The number of fused-ring (bicyclic) bond motifs is 1. The molecule has 30 heavy (non-hydrogen) atoms. The van der Waals surface area contributed by atoms with Crippen LogP contribution >= 0.6 is 0 Å². The Kier molecular flexibility index (Phi) is 5.93. The van der Waals surface area contributed by atoms with Crippen LogP contribution in [0.3, 0.4) is 0 Å². The van der Waals surface area contributed by atoms with Gasteiger partial charge in [-0.05, 0) is 72.5 Å². The van der Waals surface area contributed by atoms with E-state index in [0.29, 0.717) is 30.5 Å². The Morgan fingerprint density at radius 3 is 2.47 bits per heavy atom. The van der Waals surface area contributed by atoms with Gasteiger partial charge in [-0.3, -0.25) is 4.79 Å². The SMILES string of the molecule is C[C@H](Nc1ncc2c(n1)N(C1CCCC1)CC(C)(C)C(=O)N2C)C1CCN(C)CC1. The molecule has 7 nitrogen and oxygen atoms in total. The van der Waals surface area contributed by atoms with Crippen LogP contribution in [0.25, 0.3) is 0 Å². The highest BCUT2D eigenvalue weighted by Crippen LogP contribution is 2.40. The van der Waals surface area contributed by atoms with Crippen LogP contribution in [-0.4, -0.2) is 66.6 Å². The van der Waals surface area contributed by atoms with Crippen molar-refractivity contribution in [3.05, 3.63) is 6.20 Å². The quantitative estimate of drug-likeness (QED) is 0.815. The third kappa shape index (κ3) is 4.13. The lowest BCUT2D eigenvalue weighted by atomic mass is 9.90. The smallest absolute Gasteiger partial charge is 0.234 e. The van der Waals surface area contributed by atoms with Crippen molar-refractivity contribution in [1.82, 2.24) is 14.9 Å². The zero-order chi connectivity index (χ0) is 21.5. The molecular weight excluding hydrogens is 376 g/mol. The molecule has 0 bridgehead atoms. The molecule has 0 spiro atoms. The van der Waals surface area contributed by atoms with E-state index in [2.05, 4.69) is 47.9 Å². The van der Waals surface area contributed by atoms with Gasteiger partial charge in [-0.25, -0.2) is 4.98 Å². The van der Waals surface area contributed by atoms with E-state index in [1.54, 1.807) is 4.90 Å². The minimum absolute atomic E-state index is 0.133. The number of nitrogens with one attached hydrogen (secondary N) is 1. The maximum atomic E-state index is 13.1. The molecule has 1 aromatic rings. The fourth-order valence-electron chi connectivity index (χ4n) is 5.38. The maximum Gasteiger partial charge on any atom is 0.234 e. The molecule has 1 amide bonds. The molecule has 1 aliphatic carbocycles. The number of likely N-dealkylation sites (tertiary alicyclic amines) is 1. The maximum absolute atomic E-state index is 13.1. The van der Waals surface area contributed by atoms with Crippen molar-refractivity contribution in [2.24, 2.45) is 11.3 Å². The van der Waals surface area contributed by atoms with Gasteiger partial charge >= 0.3 is 0 Å². The predicted octanol–water partition coefficient (Wildman–Crippen LogP) is 3.37. The highest BCUT2D eigenvalue weighted by atomic mass is 16.2. The number of nitrogens with zero attached hydrogens (tertiary/aromatic N) is 5. The molecule has 2 aliphatic heterocycles. The Morgan fingerprint density at radius 2 is 1.80 bits per heavy atom. The number of piperidine rings is 1. The molecule has 1 saturated carbocycles. The molecule has 0 radical (unpaired) electrons. The largest absolute Gasteiger partial charge is 0.351 e. The summed E-state index contributed by atoms with van der Waals surface area (Å²) in [6, 6.07) is 0.787. The number of hydrogen-bond acceptors (Lipinski definition) is 6. The van der Waals surface area contributed by atoms with Crippen LogP contribution in [0.5, 0.6) is 0 Å². The number of rotatable bonds is 4. The first-order valence-corrected chi connectivity index (χ1v) is 11.6. The van der Waals surface area contributed by atoms with Gasteiger partial charge in [0.2, 0.25) is 11.9 Å². The van der Waals surface area contributed by atoms with Gasteiger partial charge in [0.15, 0.2) is 5.82 Å². The molecule has 4 rings (SSSR count). The van der Waals surface area contributed by atoms with Crippen LogP contribution in [0.1, 0.15) is 59.3 Å². The van der Waals surface area contributed by atoms with Crippen LogP contribution < -0.4 is 15.1 Å². The van der Waals surface area contributed by atoms with E-state index >= 15 is 0 Å². The minimum atomic E-state index is -0.451. The molecule has 0 unspecified atom stereocenters. The zero-order valence-electron chi connectivity index (χ0n) is 19.3. The van der Waals surface area contributed by atoms with Gasteiger partial charge in [0.1, 0.15) is 5.69 Å². The topological polar surface area (TPSA) is 64.6 Å². The summed E-state index contributed by atoms with van der Waals surface area (Å²) >= 11 is 0. The number of carbonyl (C=O) groups is 1. The van der Waals surface area contributed by atoms with Crippen molar-refractivity contribution in [2.75, 3.05) is 48.8 Å². The van der Waals surface area contributed by atoms with Crippen LogP contribution in [0.4, 0.5) is 17.5 Å². The number of carbonyl (C=O) groups excluding carboxylic acids is 1. The molecule has 7 heteroatoms. The highest BCUT2D eigenvalue weighted by Gasteiger charge is 2.41. The average molecular weight is 415 g/mol. The van der Waals surface area contributed by atoms with E-state index in [0.717, 1.165) is 24.6 Å². The van der Waals surface area contributed by atoms with E-state index in [-0.39, 0.29) is 5.91 Å². The predicted molar refractivity (Wildman–Crippen MR) is 122 cm³/mol. The fraction of sp³-hybridized carbons (Fsp3) is 0.783. The molecule has 1 N–H and O–H groups in total. The summed E-state index contributed by atoms with van der Waals surface area (Å²) < 4.78 is 0. The summed E-state index contributed by atoms with van der Waals surface area (Å²) in [5, 5.41) is 3.58. The number of aromatic nitrogens is 2. The summed E-state index contributed by atoms with van der Waals surface area (Å²) in [7, 11) is 4.06. The second-order valence-electron chi connectivity index (χ2n) is 10.3. The van der Waals surface area contributed by atoms with Gasteiger partial charge in [0, 0.05) is 25.7 Å². The van der Waals surface area contributed by atoms with E-state index in [1.807, 2.05) is 13.2 Å². The van der Waals surface area contributed by atoms with Crippen molar-refractivity contribution in [2.45, 2.75) is 71.4 Å². The normalized spacial score (nSPS) is 24.6. The van der Waals surface area contributed by atoms with Gasteiger partial charge in [-0.1, -0.05) is 12.8 Å². The van der Waals surface area contributed by atoms with Crippen molar-refractivity contribution >= 4 is 23.4 Å². The van der Waals surface area contributed by atoms with Gasteiger partial charge in [0.05, 0.1) is 11.6 Å². The standard InChI is InChI=1S/C23H38N6O/c1-16(17-10-12-27(4)13-11-17)25-22-24-14-19-20(26-22)29(18-8-6-7-9-18)15-23(2,3)21(30)28(19)5/h14,16-18H,6-13,15H2,1-5H3,(H,24,25,26)/t16-/m0/s1. The molecule has 1 atom stereocenters. The monoisotopic (exact) mass is 414 g/mol. The van der Waals surface area contributed by atoms with E-state index in [4.69, 9.17) is 4.98 Å².